The summed E-state index contributed by atoms with van der Waals surface area (Å²) in [6.45, 7) is 1.40. The van der Waals surface area contributed by atoms with Crippen LogP contribution in [-0.2, 0) is 6.54 Å². The Bertz CT molecular complexity index is 907. The van der Waals surface area contributed by atoms with Crippen LogP contribution in [0.1, 0.15) is 43.4 Å². The van der Waals surface area contributed by atoms with Crippen molar-refractivity contribution in [2.24, 2.45) is 28.9 Å². The first-order valence-electron chi connectivity index (χ1n) is 10.5. The van der Waals surface area contributed by atoms with Gasteiger partial charge < -0.3 is 16.4 Å². The average Bonchev–Trinajstić information content (AvgIpc) is 2.75. The van der Waals surface area contributed by atoms with Crippen LogP contribution < -0.4 is 16.4 Å². The first kappa shape index (κ1) is 18.3. The van der Waals surface area contributed by atoms with Crippen LogP contribution >= 0.6 is 0 Å². The highest BCUT2D eigenvalue weighted by atomic mass is 15.1. The molecule has 0 spiro atoms. The zero-order chi connectivity index (χ0) is 19.8. The zero-order valence-electron chi connectivity index (χ0n) is 16.5. The van der Waals surface area contributed by atoms with Gasteiger partial charge in [0.2, 0.25) is 5.95 Å². The third-order valence-electron chi connectivity index (χ3n) is 7.17. The van der Waals surface area contributed by atoms with Crippen LogP contribution in [0.3, 0.4) is 0 Å². The monoisotopic (exact) mass is 389 g/mol. The third-order valence-corrected chi connectivity index (χ3v) is 7.17. The molecule has 5 atom stereocenters. The third kappa shape index (κ3) is 3.53. The lowest BCUT2D eigenvalue weighted by atomic mass is 9.48. The number of hydrogen-bond donors (Lipinski definition) is 3. The van der Waals surface area contributed by atoms with Gasteiger partial charge in [-0.3, -0.25) is 4.98 Å². The summed E-state index contributed by atoms with van der Waals surface area (Å²) in [5.74, 6) is 3.28. The second kappa shape index (κ2) is 7.27. The normalized spacial score (nSPS) is 32.0. The molecule has 0 aliphatic heterocycles. The van der Waals surface area contributed by atoms with Crippen molar-refractivity contribution in [1.82, 2.24) is 15.0 Å². The van der Waals surface area contributed by atoms with Crippen molar-refractivity contribution in [3.8, 4) is 6.07 Å². The topological polar surface area (TPSA) is 113 Å². The number of aromatic nitrogens is 3. The van der Waals surface area contributed by atoms with E-state index < -0.39 is 0 Å². The number of hydrogen-bond acceptors (Lipinski definition) is 7. The predicted molar refractivity (Wildman–Crippen MR) is 111 cm³/mol. The number of rotatable bonds is 6. The van der Waals surface area contributed by atoms with Crippen LogP contribution in [0.5, 0.6) is 0 Å². The quantitative estimate of drug-likeness (QED) is 0.696. The van der Waals surface area contributed by atoms with Crippen molar-refractivity contribution < 1.29 is 0 Å². The number of pyridine rings is 1. The van der Waals surface area contributed by atoms with E-state index in [1.54, 1.807) is 12.4 Å². The van der Waals surface area contributed by atoms with Crippen LogP contribution in [0.15, 0.2) is 30.6 Å². The second-order valence-corrected chi connectivity index (χ2v) is 9.14. The van der Waals surface area contributed by atoms with E-state index in [-0.39, 0.29) is 0 Å². The molecule has 1 unspecified atom stereocenters. The van der Waals surface area contributed by atoms with Crippen LogP contribution in [0.4, 0.5) is 11.8 Å². The van der Waals surface area contributed by atoms with Gasteiger partial charge in [-0.15, -0.1) is 0 Å². The molecule has 4 aliphatic carbocycles. The minimum absolute atomic E-state index is 0.297. The molecule has 29 heavy (non-hydrogen) atoms. The van der Waals surface area contributed by atoms with Crippen molar-refractivity contribution in [2.45, 2.75) is 44.7 Å². The van der Waals surface area contributed by atoms with E-state index in [1.807, 2.05) is 18.2 Å². The van der Waals surface area contributed by atoms with Crippen LogP contribution in [0, 0.1) is 34.5 Å². The summed E-state index contributed by atoms with van der Waals surface area (Å²) in [5.41, 5.74) is 8.18. The first-order chi connectivity index (χ1) is 14.1. The fourth-order valence-electron chi connectivity index (χ4n) is 6.08. The Morgan fingerprint density at radius 2 is 1.97 bits per heavy atom. The Morgan fingerprint density at radius 1 is 1.14 bits per heavy atom. The SMILES string of the molecule is N#Cc1cnc(NCc2ccccn2)nc1NC[C@@]12CC3C[C@H](C1)[C@@H](N)[C@@H](C3)C2. The summed E-state index contributed by atoms with van der Waals surface area (Å²) in [6.07, 6.45) is 9.64. The average molecular weight is 390 g/mol. The molecule has 7 heteroatoms. The number of nitriles is 1. The van der Waals surface area contributed by atoms with Crippen molar-refractivity contribution in [3.63, 3.8) is 0 Å². The molecule has 7 nitrogen and oxygen atoms in total. The van der Waals surface area contributed by atoms with Crippen molar-refractivity contribution in [3.05, 3.63) is 41.9 Å². The summed E-state index contributed by atoms with van der Waals surface area (Å²) in [4.78, 5) is 13.2. The molecular formula is C22H27N7. The van der Waals surface area contributed by atoms with Crippen molar-refractivity contribution in [2.75, 3.05) is 17.2 Å². The molecule has 0 radical (unpaired) electrons. The molecule has 2 aromatic rings. The number of nitrogens with zero attached hydrogens (tertiary/aromatic N) is 4. The lowest BCUT2D eigenvalue weighted by Crippen LogP contribution is -2.58. The smallest absolute Gasteiger partial charge is 0.225 e. The lowest BCUT2D eigenvalue weighted by molar-refractivity contribution is -0.0591. The van der Waals surface area contributed by atoms with Gasteiger partial charge in [-0.05, 0) is 67.4 Å². The van der Waals surface area contributed by atoms with Gasteiger partial charge in [-0.2, -0.15) is 10.2 Å². The predicted octanol–water partition coefficient (Wildman–Crippen LogP) is 2.92. The maximum atomic E-state index is 9.50. The van der Waals surface area contributed by atoms with Gasteiger partial charge in [0, 0.05) is 18.8 Å². The molecule has 150 valence electrons. The summed E-state index contributed by atoms with van der Waals surface area (Å²) in [5, 5.41) is 16.2. The molecule has 4 aliphatic rings. The van der Waals surface area contributed by atoms with Gasteiger partial charge >= 0.3 is 0 Å². The van der Waals surface area contributed by atoms with Crippen molar-refractivity contribution in [1.29, 1.82) is 5.26 Å². The van der Waals surface area contributed by atoms with Crippen LogP contribution in [0.25, 0.3) is 0 Å². The van der Waals surface area contributed by atoms with E-state index in [9.17, 15) is 5.26 Å². The largest absolute Gasteiger partial charge is 0.368 e. The number of nitrogens with one attached hydrogen (secondary N) is 2. The van der Waals surface area contributed by atoms with E-state index in [2.05, 4.69) is 31.7 Å². The van der Waals surface area contributed by atoms with Crippen LogP contribution in [-0.4, -0.2) is 27.5 Å². The van der Waals surface area contributed by atoms with Gasteiger partial charge in [0.1, 0.15) is 17.5 Å². The minimum Gasteiger partial charge on any atom is -0.368 e. The van der Waals surface area contributed by atoms with Gasteiger partial charge in [0.15, 0.2) is 0 Å². The van der Waals surface area contributed by atoms with E-state index in [0.717, 1.165) is 18.2 Å². The highest BCUT2D eigenvalue weighted by Crippen LogP contribution is 2.59. The number of anilines is 2. The molecular weight excluding hydrogens is 362 g/mol. The standard InChI is InChI=1S/C22H27N7/c23-10-17-11-26-21(27-12-18-3-1-2-4-25-18)29-20(17)28-13-22-7-14-5-15(8-22)19(24)16(6-14)9-22/h1-4,11,14-16,19H,5-9,12-13,24H2,(H2,26,27,28,29)/t14?,15-,16+,19-,22+. The Hall–Kier alpha value is -2.72. The van der Waals surface area contributed by atoms with E-state index in [1.165, 1.54) is 32.1 Å². The number of nitrogens with two attached hydrogens (primary N) is 1. The molecule has 4 fully saturated rings. The maximum Gasteiger partial charge on any atom is 0.225 e. The summed E-state index contributed by atoms with van der Waals surface area (Å²) in [6, 6.07) is 8.39. The van der Waals surface area contributed by atoms with Crippen LogP contribution in [0.2, 0.25) is 0 Å². The first-order valence-corrected chi connectivity index (χ1v) is 10.5. The molecule has 6 rings (SSSR count). The van der Waals surface area contributed by atoms with E-state index >= 15 is 0 Å². The van der Waals surface area contributed by atoms with E-state index in [0.29, 0.717) is 47.2 Å². The molecule has 4 bridgehead atoms. The Labute approximate surface area is 171 Å². The summed E-state index contributed by atoms with van der Waals surface area (Å²) in [7, 11) is 0. The highest BCUT2D eigenvalue weighted by Gasteiger charge is 2.54. The Morgan fingerprint density at radius 3 is 2.69 bits per heavy atom. The second-order valence-electron chi connectivity index (χ2n) is 9.14. The van der Waals surface area contributed by atoms with Gasteiger partial charge in [0.25, 0.3) is 0 Å². The van der Waals surface area contributed by atoms with E-state index in [4.69, 9.17) is 5.73 Å². The molecule has 4 saturated carbocycles. The Balaban J connectivity index is 1.29. The fraction of sp³-hybridized carbons (Fsp3) is 0.545. The lowest BCUT2D eigenvalue weighted by Gasteiger charge is -2.59. The molecule has 0 saturated heterocycles. The zero-order valence-corrected chi connectivity index (χ0v) is 16.5. The summed E-state index contributed by atoms with van der Waals surface area (Å²) < 4.78 is 0. The highest BCUT2D eigenvalue weighted by molar-refractivity contribution is 5.53. The maximum absolute atomic E-state index is 9.50. The molecule has 0 amide bonds. The van der Waals surface area contributed by atoms with Gasteiger partial charge in [0.05, 0.1) is 18.4 Å². The molecule has 0 aromatic carbocycles. The molecule has 2 aromatic heterocycles. The Kier molecular flexibility index (Phi) is 4.59. The fourth-order valence-corrected chi connectivity index (χ4v) is 6.08. The summed E-state index contributed by atoms with van der Waals surface area (Å²) >= 11 is 0. The molecule has 2 heterocycles. The molecule has 4 N–H and O–H groups in total. The van der Waals surface area contributed by atoms with Gasteiger partial charge in [-0.25, -0.2) is 4.98 Å². The minimum atomic E-state index is 0.297. The van der Waals surface area contributed by atoms with Gasteiger partial charge in [-0.1, -0.05) is 6.07 Å². The van der Waals surface area contributed by atoms with Crippen molar-refractivity contribution >= 4 is 11.8 Å².